The van der Waals surface area contributed by atoms with Crippen molar-refractivity contribution in [3.8, 4) is 0 Å². The second-order valence-electron chi connectivity index (χ2n) is 3.41. The molecule has 1 aromatic rings. The van der Waals surface area contributed by atoms with Crippen LogP contribution in [0, 0.1) is 0 Å². The lowest BCUT2D eigenvalue weighted by atomic mass is 10.2. The Morgan fingerprint density at radius 1 is 1.06 bits per heavy atom. The van der Waals surface area contributed by atoms with Gasteiger partial charge in [0.1, 0.15) is 0 Å². The number of alkyl halides is 2. The summed E-state index contributed by atoms with van der Waals surface area (Å²) in [5.74, 6) is 0. The molecule has 1 fully saturated rings. The number of allylic oxidation sites excluding steroid dienone is 1. The van der Waals surface area contributed by atoms with Crippen molar-refractivity contribution in [1.82, 2.24) is 10.3 Å². The third-order valence-electron chi connectivity index (χ3n) is 1.95. The first kappa shape index (κ1) is 19.1. The van der Waals surface area contributed by atoms with Gasteiger partial charge in [0.2, 0.25) is 0 Å². The standard InChI is InChI=1S/C5H11N.C5H5N.C3H4F2.CH4/c2*1-2-4-6-5-3-1;1-2-3(4)5;/h6H,1-5H2;1-5H;2-3H,1H2;1H4. The lowest BCUT2D eigenvalue weighted by Crippen LogP contribution is -2.21. The molecule has 0 spiro atoms. The lowest BCUT2D eigenvalue weighted by Gasteiger charge is -2.08. The van der Waals surface area contributed by atoms with Gasteiger partial charge < -0.3 is 5.32 Å². The highest BCUT2D eigenvalue weighted by Gasteiger charge is 1.93. The zero-order valence-electron chi connectivity index (χ0n) is 9.99. The first-order valence-electron chi connectivity index (χ1n) is 5.73. The summed E-state index contributed by atoms with van der Waals surface area (Å²) < 4.78 is 21.3. The molecule has 0 radical (unpaired) electrons. The van der Waals surface area contributed by atoms with E-state index in [9.17, 15) is 8.78 Å². The number of hydrogen-bond acceptors (Lipinski definition) is 2. The Balaban J connectivity index is 0. The van der Waals surface area contributed by atoms with Crippen molar-refractivity contribution in [2.45, 2.75) is 33.1 Å². The molecular weight excluding hydrogens is 234 g/mol. The van der Waals surface area contributed by atoms with E-state index in [0.717, 1.165) is 0 Å². The summed E-state index contributed by atoms with van der Waals surface area (Å²) in [6.07, 6.45) is 5.95. The molecule has 1 aliphatic heterocycles. The van der Waals surface area contributed by atoms with E-state index in [1.165, 1.54) is 32.4 Å². The van der Waals surface area contributed by atoms with E-state index >= 15 is 0 Å². The second-order valence-corrected chi connectivity index (χ2v) is 3.41. The molecule has 18 heavy (non-hydrogen) atoms. The third-order valence-corrected chi connectivity index (χ3v) is 1.95. The van der Waals surface area contributed by atoms with E-state index in [2.05, 4.69) is 16.9 Å². The molecule has 1 saturated heterocycles. The monoisotopic (exact) mass is 258 g/mol. The lowest BCUT2D eigenvalue weighted by molar-refractivity contribution is 0.204. The largest absolute Gasteiger partial charge is 0.317 e. The fourth-order valence-electron chi connectivity index (χ4n) is 1.11. The predicted molar refractivity (Wildman–Crippen MR) is 73.9 cm³/mol. The number of halogens is 2. The SMILES string of the molecule is C.C1CCNCC1.C=CC(F)F.c1ccncc1. The highest BCUT2D eigenvalue weighted by atomic mass is 19.3. The van der Waals surface area contributed by atoms with Crippen molar-refractivity contribution in [1.29, 1.82) is 0 Å². The van der Waals surface area contributed by atoms with Gasteiger partial charge in [-0.2, -0.15) is 0 Å². The summed E-state index contributed by atoms with van der Waals surface area (Å²) in [7, 11) is 0. The molecule has 0 amide bonds. The Kier molecular flexibility index (Phi) is 16.6. The quantitative estimate of drug-likeness (QED) is 0.772. The molecule has 2 rings (SSSR count). The van der Waals surface area contributed by atoms with Crippen molar-refractivity contribution >= 4 is 0 Å². The number of nitrogens with one attached hydrogen (secondary N) is 1. The van der Waals surface area contributed by atoms with Crippen LogP contribution < -0.4 is 5.32 Å². The molecule has 0 unspecified atom stereocenters. The van der Waals surface area contributed by atoms with Gasteiger partial charge in [-0.25, -0.2) is 8.78 Å². The summed E-state index contributed by atoms with van der Waals surface area (Å²) in [6, 6.07) is 5.72. The zero-order chi connectivity index (χ0) is 12.8. The van der Waals surface area contributed by atoms with Gasteiger partial charge in [0.05, 0.1) is 0 Å². The predicted octanol–water partition coefficient (Wildman–Crippen LogP) is 3.92. The second kappa shape index (κ2) is 15.7. The Labute approximate surface area is 109 Å². The summed E-state index contributed by atoms with van der Waals surface area (Å²) in [6.45, 7) is 5.31. The van der Waals surface area contributed by atoms with Crippen LogP contribution in [0.25, 0.3) is 0 Å². The molecule has 0 aliphatic carbocycles. The van der Waals surface area contributed by atoms with Crippen LogP contribution in [-0.2, 0) is 0 Å². The van der Waals surface area contributed by atoms with Gasteiger partial charge in [-0.05, 0) is 44.1 Å². The Bertz CT molecular complexity index is 211. The van der Waals surface area contributed by atoms with Crippen molar-refractivity contribution in [2.24, 2.45) is 0 Å². The van der Waals surface area contributed by atoms with E-state index in [0.29, 0.717) is 6.08 Å². The molecule has 1 aromatic heterocycles. The first-order valence-corrected chi connectivity index (χ1v) is 5.73. The van der Waals surface area contributed by atoms with Crippen LogP contribution in [-0.4, -0.2) is 24.5 Å². The van der Waals surface area contributed by atoms with Crippen LogP contribution in [0.2, 0.25) is 0 Å². The highest BCUT2D eigenvalue weighted by Crippen LogP contribution is 1.96. The van der Waals surface area contributed by atoms with Crippen LogP contribution in [0.5, 0.6) is 0 Å². The van der Waals surface area contributed by atoms with Crippen LogP contribution >= 0.6 is 0 Å². The molecule has 104 valence electrons. The Morgan fingerprint density at radius 2 is 1.56 bits per heavy atom. The van der Waals surface area contributed by atoms with E-state index in [1.54, 1.807) is 12.4 Å². The average molecular weight is 258 g/mol. The van der Waals surface area contributed by atoms with E-state index < -0.39 is 6.43 Å². The van der Waals surface area contributed by atoms with Crippen molar-refractivity contribution in [2.75, 3.05) is 13.1 Å². The molecule has 2 nitrogen and oxygen atoms in total. The Morgan fingerprint density at radius 3 is 1.67 bits per heavy atom. The molecule has 0 atom stereocenters. The molecule has 0 bridgehead atoms. The van der Waals surface area contributed by atoms with Gasteiger partial charge in [0.25, 0.3) is 6.43 Å². The van der Waals surface area contributed by atoms with Gasteiger partial charge in [-0.3, -0.25) is 4.98 Å². The summed E-state index contributed by atoms with van der Waals surface area (Å²) in [5.41, 5.74) is 0. The van der Waals surface area contributed by atoms with Gasteiger partial charge in [-0.1, -0.05) is 26.5 Å². The number of hydrogen-bond donors (Lipinski definition) is 1. The van der Waals surface area contributed by atoms with Crippen LogP contribution in [0.15, 0.2) is 43.2 Å². The first-order chi connectivity index (χ1) is 8.27. The van der Waals surface area contributed by atoms with Gasteiger partial charge in [0.15, 0.2) is 0 Å². The van der Waals surface area contributed by atoms with Crippen molar-refractivity contribution in [3.05, 3.63) is 43.2 Å². The van der Waals surface area contributed by atoms with Gasteiger partial charge >= 0.3 is 0 Å². The van der Waals surface area contributed by atoms with E-state index in [4.69, 9.17) is 0 Å². The van der Waals surface area contributed by atoms with Crippen molar-refractivity contribution in [3.63, 3.8) is 0 Å². The summed E-state index contributed by atoms with van der Waals surface area (Å²) in [5, 5.41) is 3.28. The molecule has 4 heteroatoms. The summed E-state index contributed by atoms with van der Waals surface area (Å²) in [4.78, 5) is 3.78. The molecule has 1 aliphatic rings. The van der Waals surface area contributed by atoms with E-state index in [-0.39, 0.29) is 7.43 Å². The van der Waals surface area contributed by atoms with Gasteiger partial charge in [0, 0.05) is 12.4 Å². The maximum atomic E-state index is 10.6. The fourth-order valence-corrected chi connectivity index (χ4v) is 1.11. The normalized spacial score (nSPS) is 13.1. The summed E-state index contributed by atoms with van der Waals surface area (Å²) >= 11 is 0. The number of nitrogens with zero attached hydrogens (tertiary/aromatic N) is 1. The van der Waals surface area contributed by atoms with Crippen LogP contribution in [0.4, 0.5) is 8.78 Å². The third kappa shape index (κ3) is 17.1. The molecule has 1 N–H and O–H groups in total. The van der Waals surface area contributed by atoms with Crippen molar-refractivity contribution < 1.29 is 8.78 Å². The number of pyridine rings is 1. The maximum absolute atomic E-state index is 10.6. The van der Waals surface area contributed by atoms with Gasteiger partial charge in [-0.15, -0.1) is 0 Å². The smallest absolute Gasteiger partial charge is 0.256 e. The fraction of sp³-hybridized carbons (Fsp3) is 0.500. The number of rotatable bonds is 1. The number of aromatic nitrogens is 1. The molecular formula is C14H24F2N2. The minimum atomic E-state index is -2.35. The maximum Gasteiger partial charge on any atom is 0.256 e. The highest BCUT2D eigenvalue weighted by molar-refractivity contribution is 4.88. The Hall–Kier alpha value is -1.29. The molecule has 0 saturated carbocycles. The minimum Gasteiger partial charge on any atom is -0.317 e. The van der Waals surface area contributed by atoms with Crippen LogP contribution in [0.3, 0.4) is 0 Å². The molecule has 2 heterocycles. The van der Waals surface area contributed by atoms with E-state index in [1.807, 2.05) is 18.2 Å². The zero-order valence-corrected chi connectivity index (χ0v) is 9.99. The molecule has 0 aromatic carbocycles. The topological polar surface area (TPSA) is 24.9 Å². The average Bonchev–Trinajstić information content (AvgIpc) is 2.44. The minimum absolute atomic E-state index is 0. The van der Waals surface area contributed by atoms with Crippen LogP contribution in [0.1, 0.15) is 26.7 Å². The number of piperidine rings is 1.